The summed E-state index contributed by atoms with van der Waals surface area (Å²) in [7, 11) is 3.33. The molecule has 2 atom stereocenters. The van der Waals surface area contributed by atoms with Crippen LogP contribution in [0.2, 0.25) is 0 Å². The second-order valence-electron chi connectivity index (χ2n) is 8.56. The number of carbonyl (C=O) groups excluding carboxylic acids is 1. The van der Waals surface area contributed by atoms with E-state index >= 15 is 0 Å². The van der Waals surface area contributed by atoms with Crippen LogP contribution in [0.25, 0.3) is 0 Å². The van der Waals surface area contributed by atoms with Gasteiger partial charge in [-0.2, -0.15) is 0 Å². The van der Waals surface area contributed by atoms with E-state index in [1.54, 1.807) is 25.6 Å². The Morgan fingerprint density at radius 1 is 0.941 bits per heavy atom. The topological polar surface area (TPSA) is 54.0 Å². The van der Waals surface area contributed by atoms with E-state index in [2.05, 4.69) is 51.7 Å². The molecule has 7 heteroatoms. The summed E-state index contributed by atoms with van der Waals surface area (Å²) in [4.78, 5) is 19.0. The molecular weight excluding hydrogens is 446 g/mol. The van der Waals surface area contributed by atoms with Gasteiger partial charge in [-0.15, -0.1) is 11.3 Å². The van der Waals surface area contributed by atoms with E-state index < -0.39 is 0 Å². The Labute approximate surface area is 206 Å². The van der Waals surface area contributed by atoms with Gasteiger partial charge in [0.25, 0.3) is 0 Å². The highest BCUT2D eigenvalue weighted by Gasteiger charge is 2.31. The van der Waals surface area contributed by atoms with Crippen LogP contribution in [0.15, 0.2) is 66.0 Å². The SMILES string of the molecule is COc1ccc(CC(=O)N[C@H](C)[C@@H](c2cccs2)N2CCN(c3ccc(OC)cc3)CC2)cc1. The number of nitrogens with one attached hydrogen (secondary N) is 1. The van der Waals surface area contributed by atoms with Crippen molar-refractivity contribution < 1.29 is 14.3 Å². The Morgan fingerprint density at radius 3 is 2.12 bits per heavy atom. The first-order valence-corrected chi connectivity index (χ1v) is 12.5. The predicted octanol–water partition coefficient (Wildman–Crippen LogP) is 4.38. The number of anilines is 1. The molecule has 0 spiro atoms. The van der Waals surface area contributed by atoms with Gasteiger partial charge in [0.05, 0.1) is 26.7 Å². The highest BCUT2D eigenvalue weighted by Crippen LogP contribution is 2.30. The van der Waals surface area contributed by atoms with Crippen molar-refractivity contribution in [1.82, 2.24) is 10.2 Å². The van der Waals surface area contributed by atoms with Gasteiger partial charge in [-0.25, -0.2) is 0 Å². The molecule has 6 nitrogen and oxygen atoms in total. The number of nitrogens with zero attached hydrogens (tertiary/aromatic N) is 2. The molecule has 0 saturated carbocycles. The lowest BCUT2D eigenvalue weighted by Gasteiger charge is -2.42. The van der Waals surface area contributed by atoms with Crippen LogP contribution >= 0.6 is 11.3 Å². The molecule has 1 amide bonds. The molecule has 3 aromatic rings. The lowest BCUT2D eigenvalue weighted by molar-refractivity contribution is -0.121. The van der Waals surface area contributed by atoms with Gasteiger partial charge in [0, 0.05) is 42.8 Å². The largest absolute Gasteiger partial charge is 0.497 e. The number of hydrogen-bond donors (Lipinski definition) is 1. The lowest BCUT2D eigenvalue weighted by atomic mass is 10.0. The van der Waals surface area contributed by atoms with E-state index in [9.17, 15) is 4.79 Å². The molecule has 0 aliphatic carbocycles. The van der Waals surface area contributed by atoms with Crippen molar-refractivity contribution in [2.75, 3.05) is 45.3 Å². The molecule has 1 saturated heterocycles. The molecule has 1 fully saturated rings. The smallest absolute Gasteiger partial charge is 0.224 e. The van der Waals surface area contributed by atoms with Gasteiger partial charge in [-0.3, -0.25) is 9.69 Å². The molecule has 1 aromatic heterocycles. The number of carbonyl (C=O) groups is 1. The minimum atomic E-state index is -0.00284. The van der Waals surface area contributed by atoms with Gasteiger partial charge in [-0.1, -0.05) is 18.2 Å². The monoisotopic (exact) mass is 479 g/mol. The van der Waals surface area contributed by atoms with Crippen LogP contribution in [0, 0.1) is 0 Å². The van der Waals surface area contributed by atoms with Gasteiger partial charge < -0.3 is 19.7 Å². The Bertz CT molecular complexity index is 1030. The second-order valence-corrected chi connectivity index (χ2v) is 9.54. The summed E-state index contributed by atoms with van der Waals surface area (Å²) in [5.41, 5.74) is 2.19. The number of amides is 1. The van der Waals surface area contributed by atoms with Gasteiger partial charge >= 0.3 is 0 Å². The zero-order valence-electron chi connectivity index (χ0n) is 20.1. The highest BCUT2D eigenvalue weighted by molar-refractivity contribution is 7.10. The Hall–Kier alpha value is -3.03. The fraction of sp³-hybridized carbons (Fsp3) is 0.370. The summed E-state index contributed by atoms with van der Waals surface area (Å²) < 4.78 is 10.5. The number of piperazine rings is 1. The summed E-state index contributed by atoms with van der Waals surface area (Å²) in [5, 5.41) is 5.38. The molecule has 180 valence electrons. The summed E-state index contributed by atoms with van der Waals surface area (Å²) in [5.74, 6) is 1.71. The average molecular weight is 480 g/mol. The Balaban J connectivity index is 1.39. The molecule has 0 unspecified atom stereocenters. The van der Waals surface area contributed by atoms with Crippen LogP contribution in [-0.2, 0) is 11.2 Å². The van der Waals surface area contributed by atoms with Crippen LogP contribution in [0.5, 0.6) is 11.5 Å². The highest BCUT2D eigenvalue weighted by atomic mass is 32.1. The van der Waals surface area contributed by atoms with Crippen LogP contribution in [0.4, 0.5) is 5.69 Å². The average Bonchev–Trinajstić information content (AvgIpc) is 3.39. The first-order chi connectivity index (χ1) is 16.6. The number of ether oxygens (including phenoxy) is 2. The molecule has 2 heterocycles. The van der Waals surface area contributed by atoms with Crippen LogP contribution < -0.4 is 19.7 Å². The van der Waals surface area contributed by atoms with Gasteiger partial charge in [0.15, 0.2) is 0 Å². The molecule has 34 heavy (non-hydrogen) atoms. The molecule has 4 rings (SSSR count). The summed E-state index contributed by atoms with van der Waals surface area (Å²) in [6, 6.07) is 20.3. The molecule has 1 aliphatic heterocycles. The maximum Gasteiger partial charge on any atom is 0.224 e. The van der Waals surface area contributed by atoms with Gasteiger partial charge in [-0.05, 0) is 60.3 Å². The minimum Gasteiger partial charge on any atom is -0.497 e. The van der Waals surface area contributed by atoms with Gasteiger partial charge in [0.2, 0.25) is 5.91 Å². The summed E-state index contributed by atoms with van der Waals surface area (Å²) in [6.45, 7) is 5.88. The third kappa shape index (κ3) is 5.90. The fourth-order valence-corrected chi connectivity index (χ4v) is 5.53. The third-order valence-electron chi connectivity index (χ3n) is 6.37. The molecule has 1 N–H and O–H groups in total. The lowest BCUT2D eigenvalue weighted by Crippen LogP contribution is -2.52. The van der Waals surface area contributed by atoms with E-state index in [-0.39, 0.29) is 18.0 Å². The normalized spacial score (nSPS) is 16.0. The maximum absolute atomic E-state index is 12.8. The molecular formula is C27H33N3O3S. The Morgan fingerprint density at radius 2 is 1.56 bits per heavy atom. The number of benzene rings is 2. The van der Waals surface area contributed by atoms with E-state index in [1.165, 1.54) is 10.6 Å². The van der Waals surface area contributed by atoms with Crippen molar-refractivity contribution >= 4 is 22.9 Å². The van der Waals surface area contributed by atoms with Crippen molar-refractivity contribution in [3.05, 3.63) is 76.5 Å². The van der Waals surface area contributed by atoms with Crippen LogP contribution in [-0.4, -0.2) is 57.2 Å². The maximum atomic E-state index is 12.8. The van der Waals surface area contributed by atoms with Gasteiger partial charge in [0.1, 0.15) is 11.5 Å². The molecule has 1 aliphatic rings. The van der Waals surface area contributed by atoms with E-state index in [4.69, 9.17) is 9.47 Å². The number of thiophene rings is 1. The number of hydrogen-bond acceptors (Lipinski definition) is 6. The number of rotatable bonds is 9. The molecule has 2 aromatic carbocycles. The zero-order chi connectivity index (χ0) is 23.9. The molecule has 0 bridgehead atoms. The fourth-order valence-electron chi connectivity index (χ4n) is 4.57. The third-order valence-corrected chi connectivity index (χ3v) is 7.31. The minimum absolute atomic E-state index is 0.00284. The first-order valence-electron chi connectivity index (χ1n) is 11.7. The van der Waals surface area contributed by atoms with E-state index in [0.717, 1.165) is 43.2 Å². The van der Waals surface area contributed by atoms with Crippen molar-refractivity contribution in [1.29, 1.82) is 0 Å². The summed E-state index contributed by atoms with van der Waals surface area (Å²) >= 11 is 1.76. The first kappa shape index (κ1) is 24.1. The van der Waals surface area contributed by atoms with Crippen LogP contribution in [0.1, 0.15) is 23.4 Å². The Kier molecular flexibility index (Phi) is 8.08. The molecule has 0 radical (unpaired) electrons. The standard InChI is InChI=1S/C27H33N3O3S/c1-20(28-26(31)19-21-6-10-23(32-2)11-7-21)27(25-5-4-18-34-25)30-16-14-29(15-17-30)22-8-12-24(33-3)13-9-22/h4-13,18,20,27H,14-17,19H2,1-3H3,(H,28,31)/t20-,27+/m1/s1. The van der Waals surface area contributed by atoms with Crippen molar-refractivity contribution in [3.8, 4) is 11.5 Å². The second kappa shape index (κ2) is 11.4. The van der Waals surface area contributed by atoms with E-state index in [1.807, 2.05) is 36.4 Å². The quantitative estimate of drug-likeness (QED) is 0.494. The van der Waals surface area contributed by atoms with Crippen molar-refractivity contribution in [2.45, 2.75) is 25.4 Å². The van der Waals surface area contributed by atoms with Crippen LogP contribution in [0.3, 0.4) is 0 Å². The number of methoxy groups -OCH3 is 2. The summed E-state index contributed by atoms with van der Waals surface area (Å²) in [6.07, 6.45) is 0.358. The predicted molar refractivity (Wildman–Crippen MR) is 138 cm³/mol. The van der Waals surface area contributed by atoms with Crippen molar-refractivity contribution in [3.63, 3.8) is 0 Å². The zero-order valence-corrected chi connectivity index (χ0v) is 20.9. The van der Waals surface area contributed by atoms with E-state index in [0.29, 0.717) is 6.42 Å². The van der Waals surface area contributed by atoms with Crippen molar-refractivity contribution in [2.24, 2.45) is 0 Å².